The minimum Gasteiger partial charge on any atom is -0.469 e. The Balaban J connectivity index is 0.000000245. The lowest BCUT2D eigenvalue weighted by molar-refractivity contribution is 0.279. The molecule has 0 radical (unpaired) electrons. The Morgan fingerprint density at radius 1 is 1.08 bits per heavy atom. The van der Waals surface area contributed by atoms with Gasteiger partial charge in [0, 0.05) is 15.4 Å². The van der Waals surface area contributed by atoms with E-state index in [-0.39, 0.29) is 6.61 Å². The molecule has 1 heterocycles. The predicted octanol–water partition coefficient (Wildman–Crippen LogP) is 6.29. The summed E-state index contributed by atoms with van der Waals surface area (Å²) in [6.45, 7) is 5.90. The Morgan fingerprint density at radius 3 is 2.42 bits per heavy atom. The molecule has 1 N–H and O–H groups in total. The number of thioether (sulfide) groups is 1. The van der Waals surface area contributed by atoms with E-state index in [1.54, 1.807) is 24.1 Å². The Kier molecular flexibility index (Phi) is 10.4. The van der Waals surface area contributed by atoms with Crippen molar-refractivity contribution in [3.8, 4) is 0 Å². The molecule has 3 heteroatoms. The molecule has 128 valence electrons. The maximum atomic E-state index is 8.55. The second-order valence-corrected chi connectivity index (χ2v) is 5.86. The van der Waals surface area contributed by atoms with Crippen LogP contribution < -0.4 is 0 Å². The van der Waals surface area contributed by atoms with Crippen molar-refractivity contribution in [3.05, 3.63) is 89.3 Å². The molecule has 3 rings (SSSR count). The highest BCUT2D eigenvalue weighted by molar-refractivity contribution is 8.03. The summed E-state index contributed by atoms with van der Waals surface area (Å²) in [4.78, 5) is 2.59. The van der Waals surface area contributed by atoms with Crippen LogP contribution in [0.25, 0.3) is 0 Å². The molecule has 0 bridgehead atoms. The fourth-order valence-electron chi connectivity index (χ4n) is 1.83. The third-order valence-electron chi connectivity index (χ3n) is 3.07. The van der Waals surface area contributed by atoms with E-state index in [0.717, 1.165) is 17.7 Å². The molecule has 2 aromatic rings. The quantitative estimate of drug-likeness (QED) is 0.712. The van der Waals surface area contributed by atoms with Crippen molar-refractivity contribution in [1.82, 2.24) is 0 Å². The zero-order valence-corrected chi connectivity index (χ0v) is 15.4. The summed E-state index contributed by atoms with van der Waals surface area (Å²) in [6, 6.07) is 12.2. The number of rotatable bonds is 3. The highest BCUT2D eigenvalue weighted by atomic mass is 32.2. The molecule has 1 aromatic carbocycles. The SMILES string of the molecule is C1=CCC=CC(Sc2ccccc2)=C1.CC.Cc1occc1CO. The first-order chi connectivity index (χ1) is 11.8. The van der Waals surface area contributed by atoms with Gasteiger partial charge in [-0.3, -0.25) is 0 Å². The molecule has 1 aliphatic rings. The largest absolute Gasteiger partial charge is 0.469 e. The van der Waals surface area contributed by atoms with Crippen LogP contribution in [0.15, 0.2) is 87.3 Å². The van der Waals surface area contributed by atoms with Gasteiger partial charge < -0.3 is 9.52 Å². The molecule has 0 amide bonds. The van der Waals surface area contributed by atoms with E-state index in [1.165, 1.54) is 9.80 Å². The number of allylic oxidation sites excluding steroid dienone is 5. The van der Waals surface area contributed by atoms with Gasteiger partial charge in [-0.25, -0.2) is 0 Å². The summed E-state index contributed by atoms with van der Waals surface area (Å²) in [5.74, 6) is 0.799. The van der Waals surface area contributed by atoms with Gasteiger partial charge in [-0.15, -0.1) is 0 Å². The Bertz CT molecular complexity index is 651. The Hall–Kier alpha value is -1.97. The van der Waals surface area contributed by atoms with Crippen LogP contribution in [0.5, 0.6) is 0 Å². The summed E-state index contributed by atoms with van der Waals surface area (Å²) >= 11 is 1.80. The molecule has 1 aromatic heterocycles. The van der Waals surface area contributed by atoms with Crippen molar-refractivity contribution in [1.29, 1.82) is 0 Å². The van der Waals surface area contributed by atoms with E-state index in [9.17, 15) is 0 Å². The lowest BCUT2D eigenvalue weighted by atomic mass is 10.3. The maximum Gasteiger partial charge on any atom is 0.106 e. The molecule has 0 atom stereocenters. The number of aliphatic hydroxyl groups is 1. The van der Waals surface area contributed by atoms with Crippen LogP contribution in [0, 0.1) is 6.92 Å². The maximum absolute atomic E-state index is 8.55. The normalized spacial score (nSPS) is 12.2. The topological polar surface area (TPSA) is 33.4 Å². The van der Waals surface area contributed by atoms with Gasteiger partial charge in [0.2, 0.25) is 0 Å². The van der Waals surface area contributed by atoms with Crippen LogP contribution in [0.4, 0.5) is 0 Å². The third-order valence-corrected chi connectivity index (χ3v) is 4.08. The van der Waals surface area contributed by atoms with Gasteiger partial charge in [-0.05, 0) is 37.6 Å². The van der Waals surface area contributed by atoms with E-state index in [4.69, 9.17) is 9.52 Å². The standard InChI is InChI=1S/C13H12S.C6H8O2.C2H6/c1-2-5-9-12(8-4-1)14-13-10-6-3-7-11-13;1-5-6(4-7)2-3-8-5;1-2/h1,3-11H,2H2;2-3,7H,4H2,1H3;1-2H3. The van der Waals surface area contributed by atoms with Gasteiger partial charge in [-0.1, -0.05) is 68.1 Å². The number of furan rings is 1. The summed E-state index contributed by atoms with van der Waals surface area (Å²) in [7, 11) is 0. The minimum atomic E-state index is 0.0718. The fourth-order valence-corrected chi connectivity index (χ4v) is 2.70. The van der Waals surface area contributed by atoms with Crippen LogP contribution in [0.2, 0.25) is 0 Å². The zero-order chi connectivity index (χ0) is 17.6. The number of aliphatic hydroxyl groups excluding tert-OH is 1. The summed E-state index contributed by atoms with van der Waals surface area (Å²) < 4.78 is 4.90. The molecule has 0 saturated carbocycles. The van der Waals surface area contributed by atoms with E-state index in [0.29, 0.717) is 0 Å². The average Bonchev–Trinajstić information content (AvgIpc) is 2.89. The highest BCUT2D eigenvalue weighted by Gasteiger charge is 1.96. The third kappa shape index (κ3) is 7.53. The molecule has 0 aliphatic heterocycles. The molecule has 0 saturated heterocycles. The lowest BCUT2D eigenvalue weighted by Crippen LogP contribution is -1.79. The molecule has 1 aliphatic carbocycles. The fraction of sp³-hybridized carbons (Fsp3) is 0.238. The van der Waals surface area contributed by atoms with Crippen molar-refractivity contribution >= 4 is 11.8 Å². The van der Waals surface area contributed by atoms with Crippen LogP contribution in [0.3, 0.4) is 0 Å². The summed E-state index contributed by atoms with van der Waals surface area (Å²) in [5.41, 5.74) is 0.866. The Labute approximate surface area is 149 Å². The minimum absolute atomic E-state index is 0.0718. The first-order valence-corrected chi connectivity index (χ1v) is 9.01. The molecular formula is C21H26O2S. The summed E-state index contributed by atoms with van der Waals surface area (Å²) in [6.07, 6.45) is 13.4. The highest BCUT2D eigenvalue weighted by Crippen LogP contribution is 2.27. The zero-order valence-electron chi connectivity index (χ0n) is 14.6. The van der Waals surface area contributed by atoms with Gasteiger partial charge in [0.25, 0.3) is 0 Å². The smallest absolute Gasteiger partial charge is 0.106 e. The van der Waals surface area contributed by atoms with Crippen molar-refractivity contribution in [3.63, 3.8) is 0 Å². The molecule has 24 heavy (non-hydrogen) atoms. The first kappa shape index (κ1) is 20.1. The number of hydrogen-bond acceptors (Lipinski definition) is 3. The predicted molar refractivity (Wildman–Crippen MR) is 104 cm³/mol. The second kappa shape index (κ2) is 12.5. The van der Waals surface area contributed by atoms with Crippen LogP contribution >= 0.6 is 11.8 Å². The lowest BCUT2D eigenvalue weighted by Gasteiger charge is -2.00. The van der Waals surface area contributed by atoms with Gasteiger partial charge in [0.1, 0.15) is 5.76 Å². The monoisotopic (exact) mass is 342 g/mol. The van der Waals surface area contributed by atoms with Crippen molar-refractivity contribution in [2.45, 2.75) is 38.7 Å². The van der Waals surface area contributed by atoms with Gasteiger partial charge in [0.15, 0.2) is 0 Å². The van der Waals surface area contributed by atoms with E-state index >= 15 is 0 Å². The summed E-state index contributed by atoms with van der Waals surface area (Å²) in [5, 5.41) is 8.55. The van der Waals surface area contributed by atoms with Crippen LogP contribution in [-0.2, 0) is 6.61 Å². The molecular weight excluding hydrogens is 316 g/mol. The molecule has 2 nitrogen and oxygen atoms in total. The number of aryl methyl sites for hydroxylation is 1. The van der Waals surface area contributed by atoms with E-state index in [2.05, 4.69) is 54.6 Å². The van der Waals surface area contributed by atoms with Gasteiger partial charge in [0.05, 0.1) is 12.9 Å². The van der Waals surface area contributed by atoms with E-state index < -0.39 is 0 Å². The molecule has 0 unspecified atom stereocenters. The first-order valence-electron chi connectivity index (χ1n) is 8.19. The van der Waals surface area contributed by atoms with Crippen LogP contribution in [-0.4, -0.2) is 5.11 Å². The Morgan fingerprint density at radius 2 is 1.83 bits per heavy atom. The van der Waals surface area contributed by atoms with Crippen LogP contribution in [0.1, 0.15) is 31.6 Å². The van der Waals surface area contributed by atoms with Crippen molar-refractivity contribution in [2.75, 3.05) is 0 Å². The van der Waals surface area contributed by atoms with Gasteiger partial charge in [-0.2, -0.15) is 0 Å². The van der Waals surface area contributed by atoms with E-state index in [1.807, 2.05) is 26.8 Å². The molecule has 0 spiro atoms. The van der Waals surface area contributed by atoms with Crippen molar-refractivity contribution < 1.29 is 9.52 Å². The number of hydrogen-bond donors (Lipinski definition) is 1. The second-order valence-electron chi connectivity index (χ2n) is 4.71. The van der Waals surface area contributed by atoms with Crippen molar-refractivity contribution in [2.24, 2.45) is 0 Å². The van der Waals surface area contributed by atoms with Gasteiger partial charge >= 0.3 is 0 Å². The number of benzene rings is 1. The average molecular weight is 343 g/mol. The molecule has 0 fully saturated rings.